The number of nitrogens with zero attached hydrogens (tertiary/aromatic N) is 2. The third kappa shape index (κ3) is 3.05. The van der Waals surface area contributed by atoms with Gasteiger partial charge >= 0.3 is 0 Å². The number of hydrogen-bond donors (Lipinski definition) is 1. The summed E-state index contributed by atoms with van der Waals surface area (Å²) in [5.74, 6) is 3.90. The molecule has 2 heterocycles. The fourth-order valence-corrected chi connectivity index (χ4v) is 3.91. The molecule has 0 bridgehead atoms. The highest BCUT2D eigenvalue weighted by atomic mass is 16.5. The minimum absolute atomic E-state index is 0.539. The number of ether oxygens (including phenoxy) is 2. The van der Waals surface area contributed by atoms with Crippen molar-refractivity contribution in [2.24, 2.45) is 0 Å². The zero-order valence-corrected chi connectivity index (χ0v) is 17.0. The number of aryl methyl sites for hydroxylation is 2. The number of aromatic amines is 1. The molecule has 2 aromatic heterocycles. The van der Waals surface area contributed by atoms with Gasteiger partial charge in [0.2, 0.25) is 0 Å². The van der Waals surface area contributed by atoms with Crippen molar-refractivity contribution in [3.8, 4) is 33.8 Å². The van der Waals surface area contributed by atoms with E-state index in [1.807, 2.05) is 32.0 Å². The monoisotopic (exact) mass is 389 g/mol. The Morgan fingerprint density at radius 3 is 2.28 bits per heavy atom. The molecule has 0 aliphatic heterocycles. The number of aromatic nitrogens is 3. The fourth-order valence-electron chi connectivity index (χ4n) is 3.91. The molecule has 0 spiro atoms. The Balaban J connectivity index is 1.79. The summed E-state index contributed by atoms with van der Waals surface area (Å²) in [4.78, 5) is 8.48. The first-order valence-corrected chi connectivity index (χ1v) is 9.77. The smallest absolute Gasteiger partial charge is 0.141 e. The minimum Gasteiger partial charge on any atom is -0.497 e. The topological polar surface area (TPSA) is 73.2 Å². The molecular weight excluding hydrogens is 366 g/mol. The lowest BCUT2D eigenvalue weighted by atomic mass is 9.96. The fraction of sp³-hybridized carbons (Fsp3) is 0.304. The molecule has 5 rings (SSSR count). The van der Waals surface area contributed by atoms with Gasteiger partial charge in [0.05, 0.1) is 30.9 Å². The van der Waals surface area contributed by atoms with E-state index in [0.717, 1.165) is 62.1 Å². The van der Waals surface area contributed by atoms with Crippen LogP contribution in [0.5, 0.6) is 11.5 Å². The highest BCUT2D eigenvalue weighted by Gasteiger charge is 2.28. The van der Waals surface area contributed by atoms with E-state index >= 15 is 0 Å². The molecule has 0 atom stereocenters. The molecule has 0 unspecified atom stereocenters. The SMILES string of the molecule is COc1cc(OC)cc(-c2cc(-c3c(C)noc3C)cc3nc(C4CC4)[nH]c23)c1. The molecule has 1 N–H and O–H groups in total. The second-order valence-electron chi connectivity index (χ2n) is 7.61. The van der Waals surface area contributed by atoms with Crippen LogP contribution in [0.2, 0.25) is 0 Å². The predicted octanol–water partition coefficient (Wildman–Crippen LogP) is 5.40. The number of H-pyrrole nitrogens is 1. The van der Waals surface area contributed by atoms with Crippen molar-refractivity contribution < 1.29 is 14.0 Å². The maximum atomic E-state index is 5.49. The predicted molar refractivity (Wildman–Crippen MR) is 112 cm³/mol. The van der Waals surface area contributed by atoms with Crippen molar-refractivity contribution in [1.29, 1.82) is 0 Å². The van der Waals surface area contributed by atoms with Gasteiger partial charge in [0.25, 0.3) is 0 Å². The van der Waals surface area contributed by atoms with Crippen molar-refractivity contribution in [2.45, 2.75) is 32.6 Å². The Bertz CT molecular complexity index is 1180. The Morgan fingerprint density at radius 1 is 0.966 bits per heavy atom. The second kappa shape index (κ2) is 6.65. The number of fused-ring (bicyclic) bond motifs is 1. The van der Waals surface area contributed by atoms with Gasteiger partial charge in [-0.25, -0.2) is 4.98 Å². The Morgan fingerprint density at radius 2 is 1.69 bits per heavy atom. The third-order valence-electron chi connectivity index (χ3n) is 5.56. The third-order valence-corrected chi connectivity index (χ3v) is 5.56. The number of benzene rings is 2. The van der Waals surface area contributed by atoms with E-state index < -0.39 is 0 Å². The van der Waals surface area contributed by atoms with Crippen molar-refractivity contribution in [3.05, 3.63) is 47.6 Å². The van der Waals surface area contributed by atoms with Gasteiger partial charge in [0, 0.05) is 23.1 Å². The molecule has 1 saturated carbocycles. The molecule has 0 radical (unpaired) electrons. The maximum Gasteiger partial charge on any atom is 0.141 e. The van der Waals surface area contributed by atoms with E-state index in [1.165, 1.54) is 12.8 Å². The highest BCUT2D eigenvalue weighted by molar-refractivity contribution is 5.97. The number of rotatable bonds is 5. The standard InChI is InChI=1S/C23H23N3O3/c1-12-21(13(2)29-26-12)16-9-19(15-7-17(27-3)11-18(8-15)28-4)22-20(10-16)24-23(25-22)14-5-6-14/h7-11,14H,5-6H2,1-4H3,(H,24,25). The van der Waals surface area contributed by atoms with Crippen molar-refractivity contribution >= 4 is 11.0 Å². The summed E-state index contributed by atoms with van der Waals surface area (Å²) in [6, 6.07) is 10.2. The summed E-state index contributed by atoms with van der Waals surface area (Å²) in [6.07, 6.45) is 2.39. The van der Waals surface area contributed by atoms with Gasteiger partial charge in [-0.3, -0.25) is 0 Å². The first-order chi connectivity index (χ1) is 14.1. The van der Waals surface area contributed by atoms with E-state index in [0.29, 0.717) is 5.92 Å². The zero-order chi connectivity index (χ0) is 20.1. The summed E-state index contributed by atoms with van der Waals surface area (Å²) in [5, 5.41) is 4.13. The van der Waals surface area contributed by atoms with E-state index in [9.17, 15) is 0 Å². The summed E-state index contributed by atoms with van der Waals surface area (Å²) >= 11 is 0. The molecule has 1 aliphatic rings. The number of imidazole rings is 1. The van der Waals surface area contributed by atoms with Crippen LogP contribution in [-0.2, 0) is 0 Å². The van der Waals surface area contributed by atoms with E-state index in [2.05, 4.69) is 22.3 Å². The average Bonchev–Trinajstić information content (AvgIpc) is 3.41. The lowest BCUT2D eigenvalue weighted by molar-refractivity contribution is 0.393. The minimum atomic E-state index is 0.539. The van der Waals surface area contributed by atoms with Crippen LogP contribution in [0.4, 0.5) is 0 Å². The molecule has 0 saturated heterocycles. The van der Waals surface area contributed by atoms with Gasteiger partial charge in [0.1, 0.15) is 23.1 Å². The van der Waals surface area contributed by atoms with Crippen molar-refractivity contribution in [3.63, 3.8) is 0 Å². The molecule has 2 aromatic carbocycles. The Labute approximate surface area is 168 Å². The van der Waals surface area contributed by atoms with Crippen LogP contribution in [0, 0.1) is 13.8 Å². The maximum absolute atomic E-state index is 5.49. The van der Waals surface area contributed by atoms with Gasteiger partial charge in [0.15, 0.2) is 0 Å². The lowest BCUT2D eigenvalue weighted by Crippen LogP contribution is -1.91. The molecule has 29 heavy (non-hydrogen) atoms. The van der Waals surface area contributed by atoms with Crippen LogP contribution >= 0.6 is 0 Å². The molecule has 4 aromatic rings. The quantitative estimate of drug-likeness (QED) is 0.495. The van der Waals surface area contributed by atoms with E-state index in [4.69, 9.17) is 19.0 Å². The molecule has 1 fully saturated rings. The van der Waals surface area contributed by atoms with Crippen molar-refractivity contribution in [1.82, 2.24) is 15.1 Å². The average molecular weight is 389 g/mol. The number of nitrogens with one attached hydrogen (secondary N) is 1. The molecule has 6 heteroatoms. The van der Waals surface area contributed by atoms with Gasteiger partial charge in [-0.15, -0.1) is 0 Å². The summed E-state index contributed by atoms with van der Waals surface area (Å²) in [6.45, 7) is 3.90. The summed E-state index contributed by atoms with van der Waals surface area (Å²) in [5.41, 5.74) is 6.95. The lowest BCUT2D eigenvalue weighted by Gasteiger charge is -2.11. The van der Waals surface area contributed by atoms with Crippen LogP contribution < -0.4 is 9.47 Å². The Hall–Kier alpha value is -3.28. The molecule has 0 amide bonds. The summed E-state index contributed by atoms with van der Waals surface area (Å²) < 4.78 is 16.4. The number of methoxy groups -OCH3 is 2. The van der Waals surface area contributed by atoms with Crippen LogP contribution in [0.1, 0.15) is 36.0 Å². The second-order valence-corrected chi connectivity index (χ2v) is 7.61. The number of hydrogen-bond acceptors (Lipinski definition) is 5. The van der Waals surface area contributed by atoms with Gasteiger partial charge < -0.3 is 19.0 Å². The van der Waals surface area contributed by atoms with Crippen LogP contribution in [0.25, 0.3) is 33.3 Å². The normalized spacial score (nSPS) is 13.8. The van der Waals surface area contributed by atoms with Gasteiger partial charge in [-0.1, -0.05) is 5.16 Å². The van der Waals surface area contributed by atoms with E-state index in [-0.39, 0.29) is 0 Å². The molecule has 1 aliphatic carbocycles. The van der Waals surface area contributed by atoms with Crippen molar-refractivity contribution in [2.75, 3.05) is 14.2 Å². The molecular formula is C23H23N3O3. The van der Waals surface area contributed by atoms with E-state index in [1.54, 1.807) is 14.2 Å². The highest BCUT2D eigenvalue weighted by Crippen LogP contribution is 2.42. The van der Waals surface area contributed by atoms with Crippen LogP contribution in [0.3, 0.4) is 0 Å². The zero-order valence-electron chi connectivity index (χ0n) is 17.0. The van der Waals surface area contributed by atoms with Gasteiger partial charge in [-0.2, -0.15) is 0 Å². The first kappa shape index (κ1) is 17.8. The van der Waals surface area contributed by atoms with Gasteiger partial charge in [-0.05, 0) is 62.1 Å². The first-order valence-electron chi connectivity index (χ1n) is 9.77. The largest absolute Gasteiger partial charge is 0.497 e. The molecule has 148 valence electrons. The Kier molecular flexibility index (Phi) is 4.08. The van der Waals surface area contributed by atoms with Crippen LogP contribution in [0.15, 0.2) is 34.9 Å². The summed E-state index contributed by atoms with van der Waals surface area (Å²) in [7, 11) is 3.33. The van der Waals surface area contributed by atoms with Crippen LogP contribution in [-0.4, -0.2) is 29.3 Å². The molecule has 6 nitrogen and oxygen atoms in total.